The number of nitrogens with one attached hydrogen (secondary N) is 1. The molecule has 4 nitrogen and oxygen atoms in total. The summed E-state index contributed by atoms with van der Waals surface area (Å²) in [5.74, 6) is 2.70. The van der Waals surface area contributed by atoms with Gasteiger partial charge < -0.3 is 10.1 Å². The fraction of sp³-hybridized carbons (Fsp3) is 0.667. The van der Waals surface area contributed by atoms with E-state index in [1.165, 1.54) is 0 Å². The average molecular weight is 286 g/mol. The van der Waals surface area contributed by atoms with E-state index in [2.05, 4.69) is 16.9 Å². The molecule has 0 radical (unpaired) electrons. The highest BCUT2D eigenvalue weighted by Crippen LogP contribution is 2.41. The molecule has 0 saturated carbocycles. The Morgan fingerprint density at radius 1 is 1.44 bits per heavy atom. The highest BCUT2D eigenvalue weighted by Gasteiger charge is 2.27. The van der Waals surface area contributed by atoms with E-state index in [1.54, 1.807) is 11.8 Å². The van der Waals surface area contributed by atoms with E-state index in [9.17, 15) is 9.90 Å². The van der Waals surface area contributed by atoms with E-state index < -0.39 is 0 Å². The summed E-state index contributed by atoms with van der Waals surface area (Å²) in [6.45, 7) is 4.11. The van der Waals surface area contributed by atoms with Crippen molar-refractivity contribution < 1.29 is 5.11 Å². The topological polar surface area (TPSA) is 66.0 Å². The molecule has 1 aromatic rings. The summed E-state index contributed by atoms with van der Waals surface area (Å²) in [6, 6.07) is 0. The van der Waals surface area contributed by atoms with Crippen LogP contribution in [-0.2, 0) is 6.42 Å². The lowest BCUT2D eigenvalue weighted by molar-refractivity contribution is 0.438. The fourth-order valence-electron chi connectivity index (χ4n) is 2.05. The van der Waals surface area contributed by atoms with Gasteiger partial charge in [0.05, 0.1) is 10.8 Å². The molecule has 2 N–H and O–H groups in total. The summed E-state index contributed by atoms with van der Waals surface area (Å²) in [7, 11) is 0. The van der Waals surface area contributed by atoms with Crippen LogP contribution in [0, 0.1) is 0 Å². The van der Waals surface area contributed by atoms with Crippen LogP contribution >= 0.6 is 23.5 Å². The molecular weight excluding hydrogens is 268 g/mol. The first-order valence-electron chi connectivity index (χ1n) is 6.18. The zero-order chi connectivity index (χ0) is 13.1. The molecule has 100 valence electrons. The minimum absolute atomic E-state index is 0.0982. The molecule has 2 heterocycles. The molecule has 1 aliphatic heterocycles. The Kier molecular flexibility index (Phi) is 4.61. The second-order valence-electron chi connectivity index (χ2n) is 4.37. The summed E-state index contributed by atoms with van der Waals surface area (Å²) >= 11 is 3.68. The van der Waals surface area contributed by atoms with Gasteiger partial charge in [0.2, 0.25) is 5.88 Å². The van der Waals surface area contributed by atoms with Gasteiger partial charge >= 0.3 is 0 Å². The summed E-state index contributed by atoms with van der Waals surface area (Å²) in [6.07, 6.45) is 1.39. The van der Waals surface area contributed by atoms with Crippen molar-refractivity contribution in [3.05, 3.63) is 21.7 Å². The van der Waals surface area contributed by atoms with Crippen molar-refractivity contribution in [2.24, 2.45) is 0 Å². The van der Waals surface area contributed by atoms with Gasteiger partial charge in [-0.1, -0.05) is 20.3 Å². The molecule has 0 amide bonds. The summed E-state index contributed by atoms with van der Waals surface area (Å²) in [5, 5.41) is 10.4. The van der Waals surface area contributed by atoms with Gasteiger partial charge in [0.1, 0.15) is 5.82 Å². The number of thioether (sulfide) groups is 2. The van der Waals surface area contributed by atoms with Crippen molar-refractivity contribution >= 4 is 23.5 Å². The van der Waals surface area contributed by atoms with Gasteiger partial charge in [0.15, 0.2) is 0 Å². The molecule has 1 aromatic heterocycles. The molecular formula is C12H18N2O2S2. The van der Waals surface area contributed by atoms with Crippen molar-refractivity contribution in [2.75, 3.05) is 11.5 Å². The summed E-state index contributed by atoms with van der Waals surface area (Å²) in [5.41, 5.74) is 0.213. The molecule has 1 saturated heterocycles. The Morgan fingerprint density at radius 2 is 2.17 bits per heavy atom. The van der Waals surface area contributed by atoms with Crippen LogP contribution < -0.4 is 5.56 Å². The Balaban J connectivity index is 2.32. The molecule has 18 heavy (non-hydrogen) atoms. The third kappa shape index (κ3) is 2.85. The second-order valence-corrected chi connectivity index (χ2v) is 7.11. The second kappa shape index (κ2) is 6.02. The predicted octanol–water partition coefficient (Wildman–Crippen LogP) is 2.34. The van der Waals surface area contributed by atoms with E-state index >= 15 is 0 Å². The summed E-state index contributed by atoms with van der Waals surface area (Å²) < 4.78 is 0. The maximum atomic E-state index is 11.9. The third-order valence-electron chi connectivity index (χ3n) is 2.97. The zero-order valence-electron chi connectivity index (χ0n) is 10.6. The quantitative estimate of drug-likeness (QED) is 0.893. The Labute approximate surface area is 115 Å². The van der Waals surface area contributed by atoms with E-state index in [4.69, 9.17) is 0 Å². The Bertz CT molecular complexity index is 476. The highest BCUT2D eigenvalue weighted by atomic mass is 32.2. The number of hydrogen-bond donors (Lipinski definition) is 2. The maximum Gasteiger partial charge on any atom is 0.257 e. The lowest BCUT2D eigenvalue weighted by Gasteiger charge is -2.26. The lowest BCUT2D eigenvalue weighted by Crippen LogP contribution is -2.23. The Hall–Kier alpha value is -0.620. The number of aromatic nitrogens is 2. The van der Waals surface area contributed by atoms with E-state index in [0.29, 0.717) is 23.1 Å². The van der Waals surface area contributed by atoms with Gasteiger partial charge in [0.25, 0.3) is 5.56 Å². The van der Waals surface area contributed by atoms with Crippen molar-refractivity contribution in [3.63, 3.8) is 0 Å². The minimum atomic E-state index is -0.192. The number of aromatic hydroxyl groups is 1. The normalized spacial score (nSPS) is 24.1. The van der Waals surface area contributed by atoms with Gasteiger partial charge in [-0.15, -0.1) is 11.8 Å². The average Bonchev–Trinajstić information content (AvgIpc) is 2.34. The fourth-order valence-corrected chi connectivity index (χ4v) is 4.76. The number of hydrogen-bond acceptors (Lipinski definition) is 5. The number of aromatic amines is 1. The van der Waals surface area contributed by atoms with Crippen LogP contribution in [-0.4, -0.2) is 31.8 Å². The highest BCUT2D eigenvalue weighted by molar-refractivity contribution is 8.06. The van der Waals surface area contributed by atoms with Crippen molar-refractivity contribution in [1.82, 2.24) is 9.97 Å². The monoisotopic (exact) mass is 286 g/mol. The molecule has 0 spiro atoms. The zero-order valence-corrected chi connectivity index (χ0v) is 12.2. The van der Waals surface area contributed by atoms with E-state index in [1.807, 2.05) is 18.7 Å². The van der Waals surface area contributed by atoms with Gasteiger partial charge in [-0.2, -0.15) is 16.7 Å². The molecule has 1 aliphatic rings. The SMILES string of the molecule is CCCc1c(O)nc(C2SCCSC2C)[nH]c1=O. The van der Waals surface area contributed by atoms with Crippen molar-refractivity contribution in [2.45, 2.75) is 37.2 Å². The molecule has 6 heteroatoms. The largest absolute Gasteiger partial charge is 0.493 e. The van der Waals surface area contributed by atoms with Crippen LogP contribution in [0.3, 0.4) is 0 Å². The standard InChI is InChI=1S/C12H18N2O2S2/c1-3-4-8-11(15)13-10(14-12(8)16)9-7(2)17-5-6-18-9/h7,9H,3-6H2,1-2H3,(H2,13,14,15,16). The first-order valence-corrected chi connectivity index (χ1v) is 8.28. The molecule has 2 unspecified atom stereocenters. The molecule has 0 bridgehead atoms. The van der Waals surface area contributed by atoms with Crippen LogP contribution in [0.2, 0.25) is 0 Å². The summed E-state index contributed by atoms with van der Waals surface area (Å²) in [4.78, 5) is 19.0. The molecule has 2 rings (SSSR count). The van der Waals surface area contributed by atoms with Crippen LogP contribution in [0.5, 0.6) is 5.88 Å². The molecule has 0 aromatic carbocycles. The van der Waals surface area contributed by atoms with Crippen LogP contribution in [0.15, 0.2) is 4.79 Å². The van der Waals surface area contributed by atoms with Gasteiger partial charge in [0, 0.05) is 16.8 Å². The number of H-pyrrole nitrogens is 1. The third-order valence-corrected chi connectivity index (χ3v) is 6.07. The van der Waals surface area contributed by atoms with Crippen molar-refractivity contribution in [3.8, 4) is 5.88 Å². The predicted molar refractivity (Wildman–Crippen MR) is 77.6 cm³/mol. The first-order chi connectivity index (χ1) is 8.63. The van der Waals surface area contributed by atoms with E-state index in [0.717, 1.165) is 17.9 Å². The number of rotatable bonds is 3. The van der Waals surface area contributed by atoms with Gasteiger partial charge in [-0.05, 0) is 6.42 Å². The minimum Gasteiger partial charge on any atom is -0.493 e. The smallest absolute Gasteiger partial charge is 0.257 e. The van der Waals surface area contributed by atoms with Crippen LogP contribution in [0.4, 0.5) is 0 Å². The molecule has 2 atom stereocenters. The molecule has 1 fully saturated rings. The van der Waals surface area contributed by atoms with E-state index in [-0.39, 0.29) is 16.7 Å². The van der Waals surface area contributed by atoms with Crippen molar-refractivity contribution in [1.29, 1.82) is 0 Å². The lowest BCUT2D eigenvalue weighted by atomic mass is 10.2. The first kappa shape index (κ1) is 13.8. The van der Waals surface area contributed by atoms with Crippen LogP contribution in [0.1, 0.15) is 36.9 Å². The molecule has 0 aliphatic carbocycles. The van der Waals surface area contributed by atoms with Crippen LogP contribution in [0.25, 0.3) is 0 Å². The van der Waals surface area contributed by atoms with Gasteiger partial charge in [-0.3, -0.25) is 4.79 Å². The number of nitrogens with zero attached hydrogens (tertiary/aromatic N) is 1. The Morgan fingerprint density at radius 3 is 2.78 bits per heavy atom. The van der Waals surface area contributed by atoms with Gasteiger partial charge in [-0.25, -0.2) is 0 Å². The maximum absolute atomic E-state index is 11.9.